The van der Waals surface area contributed by atoms with Crippen molar-refractivity contribution in [3.05, 3.63) is 0 Å². The Kier molecular flexibility index (Phi) is 14.3. The van der Waals surface area contributed by atoms with E-state index in [9.17, 15) is 4.79 Å². The van der Waals surface area contributed by atoms with Crippen molar-refractivity contribution < 1.29 is 56.7 Å². The van der Waals surface area contributed by atoms with Crippen LogP contribution in [0.1, 0.15) is 27.2 Å². The molecule has 0 rings (SSSR count). The van der Waals surface area contributed by atoms with Crippen LogP contribution in [0.4, 0.5) is 0 Å². The summed E-state index contributed by atoms with van der Waals surface area (Å²) in [5.74, 6) is -0.283. The normalized spacial score (nSPS) is 9.71. The SMILES string of the molecule is CCOC(=O)CC(OCC)OCC.[Ar]. The van der Waals surface area contributed by atoms with Gasteiger partial charge in [-0.1, -0.05) is 0 Å². The minimum Gasteiger partial charge on any atom is -0.466 e. The Morgan fingerprint density at radius 3 is 1.93 bits per heavy atom. The summed E-state index contributed by atoms with van der Waals surface area (Å²) >= 11 is 0. The third kappa shape index (κ3) is 9.21. The summed E-state index contributed by atoms with van der Waals surface area (Å²) in [7, 11) is 0. The van der Waals surface area contributed by atoms with Crippen molar-refractivity contribution >= 4 is 5.97 Å². The van der Waals surface area contributed by atoms with E-state index >= 15 is 0 Å². The van der Waals surface area contributed by atoms with E-state index in [1.165, 1.54) is 0 Å². The van der Waals surface area contributed by atoms with Crippen LogP contribution in [-0.2, 0) is 19.0 Å². The van der Waals surface area contributed by atoms with Gasteiger partial charge in [0.25, 0.3) is 0 Å². The molecular formula is C9H18ArO4. The number of esters is 1. The van der Waals surface area contributed by atoms with Gasteiger partial charge in [-0.15, -0.1) is 0 Å². The maximum absolute atomic E-state index is 11.0. The average Bonchev–Trinajstić information content (AvgIpc) is 2.05. The van der Waals surface area contributed by atoms with Crippen LogP contribution < -0.4 is 0 Å². The molecule has 0 aliphatic heterocycles. The summed E-state index contributed by atoms with van der Waals surface area (Å²) < 4.78 is 15.1. The van der Waals surface area contributed by atoms with Gasteiger partial charge in [0.15, 0.2) is 6.29 Å². The molecule has 0 N–H and O–H groups in total. The summed E-state index contributed by atoms with van der Waals surface area (Å²) in [5.41, 5.74) is 0. The molecule has 0 amide bonds. The molecule has 0 atom stereocenters. The molecule has 0 aromatic heterocycles. The summed E-state index contributed by atoms with van der Waals surface area (Å²) in [6.07, 6.45) is -0.302. The quantitative estimate of drug-likeness (QED) is 0.489. The fourth-order valence-corrected chi connectivity index (χ4v) is 0.894. The molecule has 0 radical (unpaired) electrons. The third-order valence-electron chi connectivity index (χ3n) is 1.34. The van der Waals surface area contributed by atoms with Crippen molar-refractivity contribution in [2.75, 3.05) is 19.8 Å². The minimum atomic E-state index is -0.464. The first-order valence-electron chi connectivity index (χ1n) is 4.63. The van der Waals surface area contributed by atoms with Crippen LogP contribution in [0.15, 0.2) is 0 Å². The molecule has 5 heteroatoms. The van der Waals surface area contributed by atoms with Gasteiger partial charge in [0.1, 0.15) is 0 Å². The Labute approximate surface area is 115 Å². The largest absolute Gasteiger partial charge is 0.466 e. The van der Waals surface area contributed by atoms with Crippen molar-refractivity contribution in [1.29, 1.82) is 0 Å². The average molecular weight is 230 g/mol. The number of ether oxygens (including phenoxy) is 3. The zero-order valence-corrected chi connectivity index (χ0v) is 9.60. The topological polar surface area (TPSA) is 44.8 Å². The van der Waals surface area contributed by atoms with Crippen molar-refractivity contribution in [2.45, 2.75) is 33.5 Å². The predicted molar refractivity (Wildman–Crippen MR) is 48.3 cm³/mol. The number of rotatable bonds is 7. The van der Waals surface area contributed by atoms with Crippen LogP contribution in [0, 0.1) is 37.7 Å². The second-order valence-electron chi connectivity index (χ2n) is 2.35. The van der Waals surface area contributed by atoms with Gasteiger partial charge in [-0.3, -0.25) is 4.79 Å². The van der Waals surface area contributed by atoms with Gasteiger partial charge in [0.2, 0.25) is 0 Å². The van der Waals surface area contributed by atoms with Gasteiger partial charge in [0.05, 0.1) is 13.0 Å². The summed E-state index contributed by atoms with van der Waals surface area (Å²) in [4.78, 5) is 11.0. The molecule has 0 unspecified atom stereocenters. The maximum Gasteiger partial charge on any atom is 0.310 e. The Morgan fingerprint density at radius 1 is 1.07 bits per heavy atom. The van der Waals surface area contributed by atoms with E-state index in [4.69, 9.17) is 14.2 Å². The van der Waals surface area contributed by atoms with Gasteiger partial charge in [0, 0.05) is 51.0 Å². The van der Waals surface area contributed by atoms with E-state index in [2.05, 4.69) is 0 Å². The third-order valence-corrected chi connectivity index (χ3v) is 1.34. The van der Waals surface area contributed by atoms with Gasteiger partial charge < -0.3 is 14.2 Å². The molecule has 0 aliphatic carbocycles. The summed E-state index contributed by atoms with van der Waals surface area (Å²) in [6, 6.07) is 0. The second-order valence-corrected chi connectivity index (χ2v) is 2.35. The van der Waals surface area contributed by atoms with E-state index in [0.29, 0.717) is 19.8 Å². The van der Waals surface area contributed by atoms with E-state index in [0.717, 1.165) is 0 Å². The molecule has 0 heterocycles. The van der Waals surface area contributed by atoms with E-state index in [-0.39, 0.29) is 50.1 Å². The minimum absolute atomic E-state index is 0. The molecule has 0 spiro atoms. The van der Waals surface area contributed by atoms with E-state index in [1.54, 1.807) is 6.92 Å². The zero-order chi connectivity index (χ0) is 10.1. The zero-order valence-electron chi connectivity index (χ0n) is 8.89. The van der Waals surface area contributed by atoms with Gasteiger partial charge in [-0.2, -0.15) is 0 Å². The summed E-state index contributed by atoms with van der Waals surface area (Å²) in [5, 5.41) is 0. The second kappa shape index (κ2) is 11.7. The molecular weight excluding hydrogens is 212 g/mol. The molecule has 4 nitrogen and oxygen atoms in total. The van der Waals surface area contributed by atoms with Crippen molar-refractivity contribution in [3.8, 4) is 0 Å². The molecule has 0 fully saturated rings. The smallest absolute Gasteiger partial charge is 0.310 e. The van der Waals surface area contributed by atoms with Crippen LogP contribution in [0.2, 0.25) is 0 Å². The van der Waals surface area contributed by atoms with Crippen molar-refractivity contribution in [3.63, 3.8) is 0 Å². The van der Waals surface area contributed by atoms with Gasteiger partial charge in [-0.05, 0) is 20.8 Å². The monoisotopic (exact) mass is 230 g/mol. The van der Waals surface area contributed by atoms with Crippen LogP contribution in [0.3, 0.4) is 0 Å². The molecule has 86 valence electrons. The molecule has 0 aromatic carbocycles. The first-order chi connectivity index (χ1) is 6.24. The van der Waals surface area contributed by atoms with Crippen LogP contribution in [0.25, 0.3) is 0 Å². The van der Waals surface area contributed by atoms with Crippen LogP contribution >= 0.6 is 0 Å². The number of carbonyl (C=O) groups excluding carboxylic acids is 1. The van der Waals surface area contributed by atoms with Crippen LogP contribution in [-0.4, -0.2) is 32.1 Å². The fourth-order valence-electron chi connectivity index (χ4n) is 0.894. The molecule has 0 aromatic rings. The molecule has 0 aliphatic rings. The Morgan fingerprint density at radius 2 is 1.57 bits per heavy atom. The predicted octanol–water partition coefficient (Wildman–Crippen LogP) is 1.34. The molecule has 0 bridgehead atoms. The first kappa shape index (κ1) is 17.1. The van der Waals surface area contributed by atoms with Crippen molar-refractivity contribution in [1.82, 2.24) is 0 Å². The molecule has 14 heavy (non-hydrogen) atoms. The molecule has 0 saturated heterocycles. The number of hydrogen-bond donors (Lipinski definition) is 0. The summed E-state index contributed by atoms with van der Waals surface area (Å²) in [6.45, 7) is 6.94. The first-order valence-corrected chi connectivity index (χ1v) is 4.63. The number of hydrogen-bond acceptors (Lipinski definition) is 4. The number of carbonyl (C=O) groups is 1. The Balaban J connectivity index is 0. The van der Waals surface area contributed by atoms with Gasteiger partial charge in [-0.25, -0.2) is 0 Å². The fraction of sp³-hybridized carbons (Fsp3) is 0.889. The maximum atomic E-state index is 11.0. The standard InChI is InChI=1S/C9H18O4.Ar/c1-4-11-8(10)7-9(12-5-2)13-6-3;/h9H,4-7H2,1-3H3;. The Hall–Kier alpha value is 0.650. The van der Waals surface area contributed by atoms with Gasteiger partial charge >= 0.3 is 5.97 Å². The molecule has 0 saturated carbocycles. The van der Waals surface area contributed by atoms with Crippen LogP contribution in [0.5, 0.6) is 0 Å². The van der Waals surface area contributed by atoms with E-state index in [1.807, 2.05) is 13.8 Å². The Bertz CT molecular complexity index is 135. The van der Waals surface area contributed by atoms with Crippen molar-refractivity contribution in [2.24, 2.45) is 0 Å². The van der Waals surface area contributed by atoms with E-state index < -0.39 is 6.29 Å².